The summed E-state index contributed by atoms with van der Waals surface area (Å²) in [6.07, 6.45) is 0. The number of methoxy groups -OCH3 is 1. The summed E-state index contributed by atoms with van der Waals surface area (Å²) in [5, 5.41) is 7.81. The molecule has 150 valence electrons. The summed E-state index contributed by atoms with van der Waals surface area (Å²) in [7, 11) is 1.63. The number of hydrogen-bond donors (Lipinski definition) is 1. The molecule has 5 heteroatoms. The highest BCUT2D eigenvalue weighted by Gasteiger charge is 2.20. The van der Waals surface area contributed by atoms with Gasteiger partial charge in [-0.3, -0.25) is 4.79 Å². The van der Waals surface area contributed by atoms with Crippen molar-refractivity contribution in [2.75, 3.05) is 7.11 Å². The Balaban J connectivity index is 1.72. The van der Waals surface area contributed by atoms with Crippen LogP contribution in [0.5, 0.6) is 5.75 Å². The molecule has 0 bridgehead atoms. The molecule has 5 nitrogen and oxygen atoms in total. The smallest absolute Gasteiger partial charge is 0.270 e. The summed E-state index contributed by atoms with van der Waals surface area (Å²) in [5.74, 6) is 0.558. The lowest BCUT2D eigenvalue weighted by Crippen LogP contribution is -2.28. The highest BCUT2D eigenvalue weighted by molar-refractivity contribution is 5.94. The first kappa shape index (κ1) is 19.5. The fourth-order valence-corrected chi connectivity index (χ4v) is 3.33. The molecule has 0 aliphatic heterocycles. The second kappa shape index (κ2) is 8.66. The topological polar surface area (TPSA) is 56.1 Å². The predicted molar refractivity (Wildman–Crippen MR) is 118 cm³/mol. The van der Waals surface area contributed by atoms with Crippen LogP contribution in [0.1, 0.15) is 29.0 Å². The number of carbonyl (C=O) groups is 1. The fourth-order valence-electron chi connectivity index (χ4n) is 3.33. The third-order valence-corrected chi connectivity index (χ3v) is 4.96. The number of aromatic nitrogens is 2. The van der Waals surface area contributed by atoms with Crippen LogP contribution in [0.2, 0.25) is 0 Å². The molecule has 1 heterocycles. The van der Waals surface area contributed by atoms with E-state index in [4.69, 9.17) is 9.84 Å². The lowest BCUT2D eigenvalue weighted by Gasteiger charge is -2.15. The summed E-state index contributed by atoms with van der Waals surface area (Å²) >= 11 is 0. The predicted octanol–water partition coefficient (Wildman–Crippen LogP) is 5.04. The van der Waals surface area contributed by atoms with E-state index < -0.39 is 0 Å². The fraction of sp³-hybridized carbons (Fsp3) is 0.120. The molecule has 1 amide bonds. The number of rotatable bonds is 6. The minimum absolute atomic E-state index is 0.127. The Morgan fingerprint density at radius 1 is 0.933 bits per heavy atom. The van der Waals surface area contributed by atoms with Crippen molar-refractivity contribution in [3.63, 3.8) is 0 Å². The number of nitrogens with zero attached hydrogens (tertiary/aromatic N) is 2. The molecule has 30 heavy (non-hydrogen) atoms. The first-order chi connectivity index (χ1) is 14.7. The molecule has 0 aliphatic rings. The first-order valence-corrected chi connectivity index (χ1v) is 9.81. The van der Waals surface area contributed by atoms with Crippen molar-refractivity contribution in [2.45, 2.75) is 13.0 Å². The maximum Gasteiger partial charge on any atom is 0.270 e. The lowest BCUT2D eigenvalue weighted by molar-refractivity contribution is 0.0932. The van der Waals surface area contributed by atoms with Crippen molar-refractivity contribution < 1.29 is 9.53 Å². The highest BCUT2D eigenvalue weighted by Crippen LogP contribution is 2.25. The van der Waals surface area contributed by atoms with E-state index in [-0.39, 0.29) is 11.9 Å². The van der Waals surface area contributed by atoms with Crippen LogP contribution in [0.3, 0.4) is 0 Å². The summed E-state index contributed by atoms with van der Waals surface area (Å²) in [6.45, 7) is 1.97. The van der Waals surface area contributed by atoms with Crippen LogP contribution in [0, 0.1) is 0 Å². The summed E-state index contributed by atoms with van der Waals surface area (Å²) in [4.78, 5) is 13.2. The molecule has 1 N–H and O–H groups in total. The minimum Gasteiger partial charge on any atom is -0.497 e. The second-order valence-corrected chi connectivity index (χ2v) is 7.00. The van der Waals surface area contributed by atoms with Gasteiger partial charge in [-0.15, -0.1) is 0 Å². The summed E-state index contributed by atoms with van der Waals surface area (Å²) in [5.41, 5.74) is 3.93. The lowest BCUT2D eigenvalue weighted by atomic mass is 10.1. The van der Waals surface area contributed by atoms with Crippen LogP contribution in [0.4, 0.5) is 0 Å². The number of ether oxygens (including phenoxy) is 1. The molecular weight excluding hydrogens is 374 g/mol. The Hall–Kier alpha value is -3.86. The Bertz CT molecular complexity index is 1140. The van der Waals surface area contributed by atoms with Gasteiger partial charge in [0.1, 0.15) is 11.4 Å². The number of carbonyl (C=O) groups excluding carboxylic acids is 1. The SMILES string of the molecule is COc1cccc(-c2cc(C(=O)NC(C)c3ccccc3)n(-c3ccccc3)n2)c1. The van der Waals surface area contributed by atoms with E-state index in [2.05, 4.69) is 5.32 Å². The Morgan fingerprint density at radius 3 is 2.33 bits per heavy atom. The van der Waals surface area contributed by atoms with Crippen LogP contribution in [-0.2, 0) is 0 Å². The number of hydrogen-bond acceptors (Lipinski definition) is 3. The van der Waals surface area contributed by atoms with Crippen molar-refractivity contribution in [2.24, 2.45) is 0 Å². The standard InChI is InChI=1S/C25H23N3O2/c1-18(19-10-5-3-6-11-19)26-25(29)24-17-23(20-12-9-15-22(16-20)30-2)27-28(24)21-13-7-4-8-14-21/h3-18H,1-2H3,(H,26,29). The number of para-hydroxylation sites is 1. The summed E-state index contributed by atoms with van der Waals surface area (Å²) < 4.78 is 7.02. The first-order valence-electron chi connectivity index (χ1n) is 9.81. The van der Waals surface area contributed by atoms with Gasteiger partial charge in [0.25, 0.3) is 5.91 Å². The van der Waals surface area contributed by atoms with Crippen LogP contribution in [0.25, 0.3) is 16.9 Å². The van der Waals surface area contributed by atoms with Gasteiger partial charge < -0.3 is 10.1 Å². The Labute approximate surface area is 175 Å². The maximum absolute atomic E-state index is 13.2. The molecule has 0 saturated carbocycles. The van der Waals surface area contributed by atoms with E-state index >= 15 is 0 Å². The molecule has 3 aromatic carbocycles. The molecule has 0 saturated heterocycles. The molecule has 1 aromatic heterocycles. The highest BCUT2D eigenvalue weighted by atomic mass is 16.5. The van der Waals surface area contributed by atoms with Crippen LogP contribution in [0.15, 0.2) is 91.0 Å². The number of amides is 1. The van der Waals surface area contributed by atoms with Crippen LogP contribution < -0.4 is 10.1 Å². The van der Waals surface area contributed by atoms with E-state index in [0.717, 1.165) is 22.6 Å². The van der Waals surface area contributed by atoms with Gasteiger partial charge >= 0.3 is 0 Å². The quantitative estimate of drug-likeness (QED) is 0.496. The van der Waals surface area contributed by atoms with Crippen molar-refractivity contribution in [3.8, 4) is 22.7 Å². The normalized spacial score (nSPS) is 11.7. The molecule has 0 aliphatic carbocycles. The molecular formula is C25H23N3O2. The average Bonchev–Trinajstić information content (AvgIpc) is 3.26. The second-order valence-electron chi connectivity index (χ2n) is 7.00. The Kier molecular flexibility index (Phi) is 5.61. The van der Waals surface area contributed by atoms with Crippen molar-refractivity contribution in [1.29, 1.82) is 0 Å². The van der Waals surface area contributed by atoms with Gasteiger partial charge in [0.15, 0.2) is 0 Å². The van der Waals surface area contributed by atoms with Crippen LogP contribution in [-0.4, -0.2) is 22.8 Å². The van der Waals surface area contributed by atoms with Crippen molar-refractivity contribution in [3.05, 3.63) is 102 Å². The molecule has 1 unspecified atom stereocenters. The van der Waals surface area contributed by atoms with Gasteiger partial charge in [-0.25, -0.2) is 4.68 Å². The zero-order valence-electron chi connectivity index (χ0n) is 16.9. The van der Waals surface area contributed by atoms with Crippen molar-refractivity contribution in [1.82, 2.24) is 15.1 Å². The van der Waals surface area contributed by atoms with E-state index in [0.29, 0.717) is 11.4 Å². The van der Waals surface area contributed by atoms with E-state index in [1.165, 1.54) is 0 Å². The van der Waals surface area contributed by atoms with Gasteiger partial charge in [-0.05, 0) is 42.8 Å². The van der Waals surface area contributed by atoms with Crippen LogP contribution >= 0.6 is 0 Å². The zero-order chi connectivity index (χ0) is 20.9. The van der Waals surface area contributed by atoms with E-state index in [1.54, 1.807) is 11.8 Å². The van der Waals surface area contributed by atoms with Gasteiger partial charge in [0.05, 0.1) is 24.5 Å². The molecule has 4 aromatic rings. The monoisotopic (exact) mass is 397 g/mol. The number of benzene rings is 3. The number of nitrogens with one attached hydrogen (secondary N) is 1. The minimum atomic E-state index is -0.183. The van der Waals surface area contributed by atoms with Gasteiger partial charge in [-0.1, -0.05) is 60.7 Å². The van der Waals surface area contributed by atoms with E-state index in [9.17, 15) is 4.79 Å². The Morgan fingerprint density at radius 2 is 1.63 bits per heavy atom. The largest absolute Gasteiger partial charge is 0.497 e. The third-order valence-electron chi connectivity index (χ3n) is 4.96. The third kappa shape index (κ3) is 4.10. The average molecular weight is 397 g/mol. The van der Waals surface area contributed by atoms with Crippen molar-refractivity contribution >= 4 is 5.91 Å². The maximum atomic E-state index is 13.2. The molecule has 1 atom stereocenters. The van der Waals surface area contributed by atoms with Gasteiger partial charge in [-0.2, -0.15) is 5.10 Å². The summed E-state index contributed by atoms with van der Waals surface area (Å²) in [6, 6.07) is 28.9. The van der Waals surface area contributed by atoms with Gasteiger partial charge in [0.2, 0.25) is 0 Å². The molecule has 0 spiro atoms. The van der Waals surface area contributed by atoms with E-state index in [1.807, 2.05) is 97.9 Å². The molecule has 0 fully saturated rings. The molecule has 4 rings (SSSR count). The van der Waals surface area contributed by atoms with Gasteiger partial charge in [0, 0.05) is 5.56 Å². The molecule has 0 radical (unpaired) electrons. The zero-order valence-corrected chi connectivity index (χ0v) is 16.9.